The van der Waals surface area contributed by atoms with Gasteiger partial charge in [0.2, 0.25) is 0 Å². The number of amides is 1. The second-order valence-electron chi connectivity index (χ2n) is 5.60. The molecule has 1 unspecified atom stereocenters. The fraction of sp³-hybridized carbons (Fsp3) is 0.533. The molecule has 1 heterocycles. The van der Waals surface area contributed by atoms with E-state index in [4.69, 9.17) is 0 Å². The van der Waals surface area contributed by atoms with Gasteiger partial charge in [0.1, 0.15) is 6.04 Å². The number of piperazine rings is 1. The first kappa shape index (κ1) is 19.5. The molecule has 0 bridgehead atoms. The van der Waals surface area contributed by atoms with Crippen molar-refractivity contribution >= 4 is 5.91 Å². The summed E-state index contributed by atoms with van der Waals surface area (Å²) in [6.07, 6.45) is -9.37. The SMILES string of the molecule is O=C(NCC(N1CCNCC1)C(F)(F)F)c1ccccc1C(F)(F)F. The monoisotopic (exact) mass is 369 g/mol. The number of nitrogens with zero attached hydrogens (tertiary/aromatic N) is 1. The minimum absolute atomic E-state index is 0.138. The standard InChI is InChI=1S/C15H17F6N3O/c16-14(17,18)11-4-2-1-3-10(11)13(25)23-9-12(15(19,20)21)24-7-5-22-6-8-24/h1-4,12,22H,5-9H2,(H,23,25). The van der Waals surface area contributed by atoms with Crippen LogP contribution in [0.4, 0.5) is 26.3 Å². The third-order valence-corrected chi connectivity index (χ3v) is 3.90. The first-order valence-electron chi connectivity index (χ1n) is 7.56. The Morgan fingerprint density at radius 2 is 1.72 bits per heavy atom. The van der Waals surface area contributed by atoms with Gasteiger partial charge in [0.05, 0.1) is 11.1 Å². The van der Waals surface area contributed by atoms with E-state index in [0.29, 0.717) is 19.2 Å². The maximum Gasteiger partial charge on any atom is 0.417 e. The average molecular weight is 369 g/mol. The predicted octanol–water partition coefficient (Wildman–Crippen LogP) is 2.27. The average Bonchev–Trinajstić information content (AvgIpc) is 2.54. The molecule has 1 aliphatic heterocycles. The topological polar surface area (TPSA) is 44.4 Å². The maximum atomic E-state index is 13.2. The van der Waals surface area contributed by atoms with Gasteiger partial charge in [0.15, 0.2) is 0 Å². The smallest absolute Gasteiger partial charge is 0.350 e. The summed E-state index contributed by atoms with van der Waals surface area (Å²) in [5.74, 6) is -1.18. The fourth-order valence-electron chi connectivity index (χ4n) is 2.66. The number of carbonyl (C=O) groups is 1. The molecule has 0 aliphatic carbocycles. The van der Waals surface area contributed by atoms with E-state index in [1.54, 1.807) is 0 Å². The van der Waals surface area contributed by atoms with Gasteiger partial charge in [0, 0.05) is 32.7 Å². The van der Waals surface area contributed by atoms with Crippen LogP contribution in [0.1, 0.15) is 15.9 Å². The highest BCUT2D eigenvalue weighted by Gasteiger charge is 2.44. The summed E-state index contributed by atoms with van der Waals surface area (Å²) in [4.78, 5) is 13.2. The van der Waals surface area contributed by atoms with E-state index in [-0.39, 0.29) is 13.1 Å². The zero-order chi connectivity index (χ0) is 18.7. The summed E-state index contributed by atoms with van der Waals surface area (Å²) < 4.78 is 78.4. The molecule has 10 heteroatoms. The zero-order valence-electron chi connectivity index (χ0n) is 13.0. The number of alkyl halides is 6. The van der Waals surface area contributed by atoms with Gasteiger partial charge in [-0.25, -0.2) is 0 Å². The lowest BCUT2D eigenvalue weighted by molar-refractivity contribution is -0.183. The molecule has 4 nitrogen and oxygen atoms in total. The number of halogens is 6. The maximum absolute atomic E-state index is 13.2. The van der Waals surface area contributed by atoms with E-state index in [1.807, 2.05) is 5.32 Å². The van der Waals surface area contributed by atoms with Gasteiger partial charge >= 0.3 is 12.4 Å². The molecular weight excluding hydrogens is 352 g/mol. The zero-order valence-corrected chi connectivity index (χ0v) is 13.0. The summed E-state index contributed by atoms with van der Waals surface area (Å²) in [6.45, 7) is 0.210. The van der Waals surface area contributed by atoms with E-state index >= 15 is 0 Å². The molecule has 0 radical (unpaired) electrons. The molecule has 1 aromatic rings. The van der Waals surface area contributed by atoms with Crippen molar-refractivity contribution in [3.8, 4) is 0 Å². The minimum Gasteiger partial charge on any atom is -0.350 e. The molecular formula is C15H17F6N3O. The number of hydrogen-bond donors (Lipinski definition) is 2. The van der Waals surface area contributed by atoms with Crippen LogP contribution in [0.2, 0.25) is 0 Å². The molecule has 1 fully saturated rings. The molecule has 0 spiro atoms. The van der Waals surface area contributed by atoms with Crippen molar-refractivity contribution in [1.29, 1.82) is 0 Å². The second-order valence-corrected chi connectivity index (χ2v) is 5.60. The first-order valence-corrected chi connectivity index (χ1v) is 7.56. The number of carbonyl (C=O) groups excluding carboxylic acids is 1. The van der Waals surface area contributed by atoms with E-state index in [1.165, 1.54) is 6.07 Å². The van der Waals surface area contributed by atoms with Gasteiger partial charge in [-0.05, 0) is 12.1 Å². The predicted molar refractivity (Wildman–Crippen MR) is 78.1 cm³/mol. The van der Waals surface area contributed by atoms with Crippen molar-refractivity contribution in [3.63, 3.8) is 0 Å². The molecule has 2 N–H and O–H groups in total. The highest BCUT2D eigenvalue weighted by Crippen LogP contribution is 2.32. The molecule has 1 aromatic carbocycles. The van der Waals surface area contributed by atoms with Gasteiger partial charge in [-0.3, -0.25) is 9.69 Å². The second kappa shape index (κ2) is 7.61. The summed E-state index contributed by atoms with van der Waals surface area (Å²) in [5.41, 5.74) is -1.88. The highest BCUT2D eigenvalue weighted by molar-refractivity contribution is 5.95. The van der Waals surface area contributed by atoms with Crippen molar-refractivity contribution in [2.45, 2.75) is 18.4 Å². The van der Waals surface area contributed by atoms with E-state index in [0.717, 1.165) is 17.0 Å². The van der Waals surface area contributed by atoms with Crippen LogP contribution in [0.5, 0.6) is 0 Å². The quantitative estimate of drug-likeness (QED) is 0.801. The van der Waals surface area contributed by atoms with Gasteiger partial charge in [-0.15, -0.1) is 0 Å². The van der Waals surface area contributed by atoms with E-state index in [2.05, 4.69) is 5.32 Å². The molecule has 0 saturated carbocycles. The molecule has 0 aromatic heterocycles. The van der Waals surface area contributed by atoms with Crippen LogP contribution in [0.25, 0.3) is 0 Å². The molecule has 2 rings (SSSR count). The third kappa shape index (κ3) is 5.08. The normalized spacial score (nSPS) is 18.0. The lowest BCUT2D eigenvalue weighted by Crippen LogP contribution is -2.57. The minimum atomic E-state index is -4.77. The van der Waals surface area contributed by atoms with Crippen LogP contribution in [0.3, 0.4) is 0 Å². The fourth-order valence-corrected chi connectivity index (χ4v) is 2.66. The molecule has 1 amide bonds. The van der Waals surface area contributed by atoms with E-state index in [9.17, 15) is 31.1 Å². The van der Waals surface area contributed by atoms with Crippen molar-refractivity contribution in [1.82, 2.24) is 15.5 Å². The Morgan fingerprint density at radius 1 is 1.12 bits per heavy atom. The lowest BCUT2D eigenvalue weighted by atomic mass is 10.1. The van der Waals surface area contributed by atoms with E-state index < -0.39 is 42.0 Å². The Balaban J connectivity index is 2.12. The van der Waals surface area contributed by atoms with Gasteiger partial charge in [-0.2, -0.15) is 26.3 Å². The molecule has 25 heavy (non-hydrogen) atoms. The Labute approximate surface area is 140 Å². The van der Waals surface area contributed by atoms with Crippen LogP contribution < -0.4 is 10.6 Å². The molecule has 1 atom stereocenters. The summed E-state index contributed by atoms with van der Waals surface area (Å²) >= 11 is 0. The summed E-state index contributed by atoms with van der Waals surface area (Å²) in [6, 6.07) is 2.04. The summed E-state index contributed by atoms with van der Waals surface area (Å²) in [5, 5.41) is 4.91. The Kier molecular flexibility index (Phi) is 5.94. The van der Waals surface area contributed by atoms with Crippen LogP contribution in [0, 0.1) is 0 Å². The van der Waals surface area contributed by atoms with Crippen LogP contribution in [-0.4, -0.2) is 55.7 Å². The first-order chi connectivity index (χ1) is 11.6. The Morgan fingerprint density at radius 3 is 2.28 bits per heavy atom. The van der Waals surface area contributed by atoms with Crippen LogP contribution >= 0.6 is 0 Å². The number of hydrogen-bond acceptors (Lipinski definition) is 3. The highest BCUT2D eigenvalue weighted by atomic mass is 19.4. The van der Waals surface area contributed by atoms with Gasteiger partial charge in [0.25, 0.3) is 5.91 Å². The van der Waals surface area contributed by atoms with Crippen molar-refractivity contribution in [2.75, 3.05) is 32.7 Å². The number of benzene rings is 1. The molecule has 140 valence electrons. The van der Waals surface area contributed by atoms with Crippen molar-refractivity contribution in [3.05, 3.63) is 35.4 Å². The lowest BCUT2D eigenvalue weighted by Gasteiger charge is -2.36. The molecule has 1 saturated heterocycles. The molecule has 1 aliphatic rings. The Hall–Kier alpha value is -1.81. The van der Waals surface area contributed by atoms with Crippen LogP contribution in [0.15, 0.2) is 24.3 Å². The van der Waals surface area contributed by atoms with Crippen molar-refractivity contribution in [2.24, 2.45) is 0 Å². The van der Waals surface area contributed by atoms with Crippen LogP contribution in [-0.2, 0) is 6.18 Å². The summed E-state index contributed by atoms with van der Waals surface area (Å²) in [7, 11) is 0. The van der Waals surface area contributed by atoms with Gasteiger partial charge < -0.3 is 10.6 Å². The third-order valence-electron chi connectivity index (χ3n) is 3.90. The number of nitrogens with one attached hydrogen (secondary N) is 2. The van der Waals surface area contributed by atoms with Crippen molar-refractivity contribution < 1.29 is 31.1 Å². The Bertz CT molecular complexity index is 596. The number of rotatable bonds is 4. The van der Waals surface area contributed by atoms with Gasteiger partial charge in [-0.1, -0.05) is 12.1 Å². The largest absolute Gasteiger partial charge is 0.417 e.